The van der Waals surface area contributed by atoms with Crippen LogP contribution in [-0.4, -0.2) is 59.5 Å². The van der Waals surface area contributed by atoms with Gasteiger partial charge in [0.05, 0.1) is 6.04 Å². The highest BCUT2D eigenvalue weighted by Gasteiger charge is 2.32. The Balaban J connectivity index is 2.52. The molecule has 1 saturated heterocycles. The van der Waals surface area contributed by atoms with Crippen LogP contribution in [0.3, 0.4) is 0 Å². The van der Waals surface area contributed by atoms with Crippen molar-refractivity contribution in [2.24, 2.45) is 0 Å². The van der Waals surface area contributed by atoms with E-state index < -0.39 is 5.60 Å². The van der Waals surface area contributed by atoms with E-state index in [-0.39, 0.29) is 23.9 Å². The second-order valence-electron chi connectivity index (χ2n) is 5.51. The van der Waals surface area contributed by atoms with Gasteiger partial charge in [-0.15, -0.1) is 11.6 Å². The second kappa shape index (κ2) is 5.78. The molecule has 1 aliphatic heterocycles. The lowest BCUT2D eigenvalue weighted by atomic mass is 10.2. The molecule has 0 spiro atoms. The Kier molecular flexibility index (Phi) is 4.85. The van der Waals surface area contributed by atoms with Gasteiger partial charge in [-0.05, 0) is 27.2 Å². The van der Waals surface area contributed by atoms with E-state index in [4.69, 9.17) is 16.3 Å². The summed E-state index contributed by atoms with van der Waals surface area (Å²) in [4.78, 5) is 26.5. The summed E-state index contributed by atoms with van der Waals surface area (Å²) in [6.07, 6.45) is 0.408. The zero-order chi connectivity index (χ0) is 13.9. The molecule has 5 nitrogen and oxygen atoms in total. The van der Waals surface area contributed by atoms with Gasteiger partial charge in [-0.3, -0.25) is 4.79 Å². The molecule has 104 valence electrons. The Labute approximate surface area is 113 Å². The van der Waals surface area contributed by atoms with Gasteiger partial charge in [0.25, 0.3) is 0 Å². The number of carbonyl (C=O) groups is 2. The SMILES string of the molecule is CN(C(=O)OC(C)(C)C)[C@@H]1CCN(C(=O)CCl)C1. The molecular formula is C12H21ClN2O3. The first-order chi connectivity index (χ1) is 8.24. The summed E-state index contributed by atoms with van der Waals surface area (Å²) in [6.45, 7) is 6.66. The molecule has 1 fully saturated rings. The van der Waals surface area contributed by atoms with Crippen LogP contribution < -0.4 is 0 Å². The van der Waals surface area contributed by atoms with Crippen molar-refractivity contribution in [2.75, 3.05) is 26.0 Å². The van der Waals surface area contributed by atoms with Gasteiger partial charge in [0.2, 0.25) is 5.91 Å². The summed E-state index contributed by atoms with van der Waals surface area (Å²) in [7, 11) is 1.70. The average molecular weight is 277 g/mol. The number of likely N-dealkylation sites (tertiary alicyclic amines) is 1. The molecule has 2 amide bonds. The summed E-state index contributed by atoms with van der Waals surface area (Å²) in [5, 5.41) is 0. The van der Waals surface area contributed by atoms with Crippen molar-refractivity contribution < 1.29 is 14.3 Å². The number of nitrogens with zero attached hydrogens (tertiary/aromatic N) is 2. The largest absolute Gasteiger partial charge is 0.444 e. The highest BCUT2D eigenvalue weighted by molar-refractivity contribution is 6.27. The maximum Gasteiger partial charge on any atom is 0.410 e. The third kappa shape index (κ3) is 4.05. The molecule has 0 bridgehead atoms. The first-order valence-electron chi connectivity index (χ1n) is 6.04. The van der Waals surface area contributed by atoms with Crippen LogP contribution in [0.25, 0.3) is 0 Å². The number of ether oxygens (including phenoxy) is 1. The molecule has 6 heteroatoms. The second-order valence-corrected chi connectivity index (χ2v) is 5.77. The molecule has 0 aliphatic carbocycles. The van der Waals surface area contributed by atoms with Crippen molar-refractivity contribution in [3.63, 3.8) is 0 Å². The van der Waals surface area contributed by atoms with Crippen molar-refractivity contribution in [1.29, 1.82) is 0 Å². The number of rotatable bonds is 2. The molecule has 1 aliphatic rings. The van der Waals surface area contributed by atoms with E-state index >= 15 is 0 Å². The first kappa shape index (κ1) is 15.1. The minimum Gasteiger partial charge on any atom is -0.444 e. The summed E-state index contributed by atoms with van der Waals surface area (Å²) < 4.78 is 5.29. The van der Waals surface area contributed by atoms with Gasteiger partial charge in [0.1, 0.15) is 11.5 Å². The number of likely N-dealkylation sites (N-methyl/N-ethyl adjacent to an activating group) is 1. The van der Waals surface area contributed by atoms with Crippen LogP contribution in [0.2, 0.25) is 0 Å². The van der Waals surface area contributed by atoms with Gasteiger partial charge < -0.3 is 14.5 Å². The zero-order valence-corrected chi connectivity index (χ0v) is 12.2. The minimum atomic E-state index is -0.504. The molecule has 0 saturated carbocycles. The van der Waals surface area contributed by atoms with Crippen LogP contribution >= 0.6 is 11.6 Å². The number of alkyl halides is 1. The molecule has 1 atom stereocenters. The fourth-order valence-corrected chi connectivity index (χ4v) is 2.02. The molecule has 1 rings (SSSR count). The third-order valence-electron chi connectivity index (χ3n) is 2.86. The Morgan fingerprint density at radius 3 is 2.56 bits per heavy atom. The monoisotopic (exact) mass is 276 g/mol. The molecule has 0 aromatic carbocycles. The topological polar surface area (TPSA) is 49.9 Å². The van der Waals surface area contributed by atoms with Gasteiger partial charge in [-0.25, -0.2) is 4.79 Å². The summed E-state index contributed by atoms with van der Waals surface area (Å²) in [6, 6.07) is 0.00650. The van der Waals surface area contributed by atoms with Crippen molar-refractivity contribution >= 4 is 23.6 Å². The van der Waals surface area contributed by atoms with E-state index in [1.165, 1.54) is 0 Å². The van der Waals surface area contributed by atoms with Crippen LogP contribution in [-0.2, 0) is 9.53 Å². The molecule has 0 N–H and O–H groups in total. The quantitative estimate of drug-likeness (QED) is 0.721. The molecular weight excluding hydrogens is 256 g/mol. The lowest BCUT2D eigenvalue weighted by molar-refractivity contribution is -0.127. The van der Waals surface area contributed by atoms with E-state index in [0.717, 1.165) is 6.42 Å². The standard InChI is InChI=1S/C12H21ClN2O3/c1-12(2,3)18-11(17)14(4)9-5-6-15(8-9)10(16)7-13/h9H,5-8H2,1-4H3/t9-/m1/s1. The van der Waals surface area contributed by atoms with Gasteiger partial charge >= 0.3 is 6.09 Å². The predicted octanol–water partition coefficient (Wildman–Crippen LogP) is 1.69. The summed E-state index contributed by atoms with van der Waals surface area (Å²) >= 11 is 5.51. The highest BCUT2D eigenvalue weighted by Crippen LogP contribution is 2.17. The maximum atomic E-state index is 11.9. The smallest absolute Gasteiger partial charge is 0.410 e. The number of hydrogen-bond donors (Lipinski definition) is 0. The van der Waals surface area contributed by atoms with Crippen molar-refractivity contribution in [2.45, 2.75) is 38.8 Å². The maximum absolute atomic E-state index is 11.9. The Morgan fingerprint density at radius 1 is 1.44 bits per heavy atom. The van der Waals surface area contributed by atoms with Crippen LogP contribution in [0.5, 0.6) is 0 Å². The van der Waals surface area contributed by atoms with E-state index in [9.17, 15) is 9.59 Å². The lowest BCUT2D eigenvalue weighted by Gasteiger charge is -2.28. The van der Waals surface area contributed by atoms with Crippen molar-refractivity contribution in [3.8, 4) is 0 Å². The van der Waals surface area contributed by atoms with E-state index in [2.05, 4.69) is 0 Å². The van der Waals surface area contributed by atoms with E-state index in [1.54, 1.807) is 16.8 Å². The van der Waals surface area contributed by atoms with Crippen LogP contribution in [0, 0.1) is 0 Å². The third-order valence-corrected chi connectivity index (χ3v) is 3.09. The Morgan fingerprint density at radius 2 is 2.06 bits per heavy atom. The highest BCUT2D eigenvalue weighted by atomic mass is 35.5. The Bertz CT molecular complexity index is 328. The fourth-order valence-electron chi connectivity index (χ4n) is 1.85. The molecule has 18 heavy (non-hydrogen) atoms. The summed E-state index contributed by atoms with van der Waals surface area (Å²) in [5.74, 6) is -0.0974. The number of carbonyl (C=O) groups excluding carboxylic acids is 2. The first-order valence-corrected chi connectivity index (χ1v) is 6.57. The Hall–Kier alpha value is -0.970. The molecule has 0 radical (unpaired) electrons. The molecule has 1 heterocycles. The van der Waals surface area contributed by atoms with Gasteiger partial charge in [0, 0.05) is 20.1 Å². The summed E-state index contributed by atoms with van der Waals surface area (Å²) in [5.41, 5.74) is -0.504. The number of amides is 2. The number of halogens is 1. The van der Waals surface area contributed by atoms with Crippen molar-refractivity contribution in [3.05, 3.63) is 0 Å². The van der Waals surface area contributed by atoms with Crippen LogP contribution in [0.1, 0.15) is 27.2 Å². The molecule has 0 unspecified atom stereocenters. The van der Waals surface area contributed by atoms with E-state index in [1.807, 2.05) is 20.8 Å². The predicted molar refractivity (Wildman–Crippen MR) is 69.7 cm³/mol. The molecule has 0 aromatic rings. The van der Waals surface area contributed by atoms with Crippen molar-refractivity contribution in [1.82, 2.24) is 9.80 Å². The van der Waals surface area contributed by atoms with Crippen LogP contribution in [0.4, 0.5) is 4.79 Å². The lowest BCUT2D eigenvalue weighted by Crippen LogP contribution is -2.42. The van der Waals surface area contributed by atoms with Crippen LogP contribution in [0.15, 0.2) is 0 Å². The minimum absolute atomic E-state index is 0.00650. The van der Waals surface area contributed by atoms with Gasteiger partial charge in [-0.1, -0.05) is 0 Å². The van der Waals surface area contributed by atoms with Gasteiger partial charge in [-0.2, -0.15) is 0 Å². The normalized spacial score (nSPS) is 19.8. The van der Waals surface area contributed by atoms with Gasteiger partial charge in [0.15, 0.2) is 0 Å². The van der Waals surface area contributed by atoms with E-state index in [0.29, 0.717) is 13.1 Å². The number of hydrogen-bond acceptors (Lipinski definition) is 3. The zero-order valence-electron chi connectivity index (χ0n) is 11.4. The molecule has 0 aromatic heterocycles. The average Bonchev–Trinajstić information content (AvgIpc) is 2.73. The fraction of sp³-hybridized carbons (Fsp3) is 0.833.